The third-order valence-corrected chi connectivity index (χ3v) is 6.03. The maximum Gasteiger partial charge on any atom is 0.319 e. The van der Waals surface area contributed by atoms with Gasteiger partial charge in [0.05, 0.1) is 14.2 Å². The molecule has 0 unspecified atom stereocenters. The van der Waals surface area contributed by atoms with Crippen LogP contribution in [0.1, 0.15) is 12.8 Å². The number of urea groups is 2. The highest BCUT2D eigenvalue weighted by atomic mass is 16.5. The minimum Gasteiger partial charge on any atom is -0.497 e. The molecule has 2 aromatic carbocycles. The predicted molar refractivity (Wildman–Crippen MR) is 142 cm³/mol. The zero-order valence-electron chi connectivity index (χ0n) is 21.2. The van der Waals surface area contributed by atoms with Crippen molar-refractivity contribution in [1.29, 1.82) is 0 Å². The second-order valence-electron chi connectivity index (χ2n) is 8.61. The quantitative estimate of drug-likeness (QED) is 0.335. The maximum absolute atomic E-state index is 12.0. The number of rotatable bonds is 12. The van der Waals surface area contributed by atoms with Gasteiger partial charge in [0.1, 0.15) is 11.5 Å². The summed E-state index contributed by atoms with van der Waals surface area (Å²) in [6.07, 6.45) is 1.81. The van der Waals surface area contributed by atoms with E-state index in [1.54, 1.807) is 14.2 Å². The number of piperazine rings is 1. The van der Waals surface area contributed by atoms with Crippen molar-refractivity contribution in [1.82, 2.24) is 20.4 Å². The fourth-order valence-corrected chi connectivity index (χ4v) is 3.94. The first-order chi connectivity index (χ1) is 17.6. The van der Waals surface area contributed by atoms with E-state index in [4.69, 9.17) is 9.47 Å². The Labute approximate surface area is 213 Å². The van der Waals surface area contributed by atoms with Crippen LogP contribution in [-0.2, 0) is 0 Å². The summed E-state index contributed by atoms with van der Waals surface area (Å²) in [6.45, 7) is 7.26. The molecule has 1 fully saturated rings. The van der Waals surface area contributed by atoms with Gasteiger partial charge in [0.2, 0.25) is 0 Å². The first-order valence-electron chi connectivity index (χ1n) is 12.4. The van der Waals surface area contributed by atoms with Gasteiger partial charge < -0.3 is 40.5 Å². The van der Waals surface area contributed by atoms with E-state index < -0.39 is 0 Å². The molecule has 4 amide bonds. The van der Waals surface area contributed by atoms with Crippen LogP contribution >= 0.6 is 0 Å². The van der Waals surface area contributed by atoms with Crippen LogP contribution in [0.25, 0.3) is 0 Å². The molecule has 0 radical (unpaired) electrons. The first kappa shape index (κ1) is 27.1. The molecule has 0 bridgehead atoms. The second-order valence-corrected chi connectivity index (χ2v) is 8.61. The standard InChI is InChI=1S/C26H38N6O4/c1-35-23-9-5-21(6-10-23)29-25(33)27-13-3-15-31-17-19-32(20-18-31)16-4-14-28-26(34)30-22-7-11-24(36-2)12-8-22/h5-12H,3-4,13-20H2,1-2H3,(H2,27,29,33)(H2,28,30,34). The Hall–Kier alpha value is -3.50. The molecule has 196 valence electrons. The lowest BCUT2D eigenvalue weighted by molar-refractivity contribution is 0.130. The van der Waals surface area contributed by atoms with Crippen LogP contribution in [0, 0.1) is 0 Å². The number of anilines is 2. The van der Waals surface area contributed by atoms with Crippen molar-refractivity contribution < 1.29 is 19.1 Å². The number of hydrogen-bond donors (Lipinski definition) is 4. The van der Waals surface area contributed by atoms with E-state index in [1.807, 2.05) is 48.5 Å². The van der Waals surface area contributed by atoms with Gasteiger partial charge in [-0.2, -0.15) is 0 Å². The highest BCUT2D eigenvalue weighted by molar-refractivity contribution is 5.89. The van der Waals surface area contributed by atoms with Crippen molar-refractivity contribution in [3.8, 4) is 11.5 Å². The smallest absolute Gasteiger partial charge is 0.319 e. The van der Waals surface area contributed by atoms with Crippen LogP contribution in [0.4, 0.5) is 21.0 Å². The van der Waals surface area contributed by atoms with Crippen molar-refractivity contribution in [3.05, 3.63) is 48.5 Å². The van der Waals surface area contributed by atoms with Gasteiger partial charge in [0.25, 0.3) is 0 Å². The molecule has 36 heavy (non-hydrogen) atoms. The Morgan fingerprint density at radius 2 is 1.03 bits per heavy atom. The van der Waals surface area contributed by atoms with Gasteiger partial charge in [-0.05, 0) is 74.5 Å². The van der Waals surface area contributed by atoms with Gasteiger partial charge in [-0.3, -0.25) is 0 Å². The summed E-state index contributed by atoms with van der Waals surface area (Å²) >= 11 is 0. The van der Waals surface area contributed by atoms with E-state index in [9.17, 15) is 9.59 Å². The Morgan fingerprint density at radius 3 is 1.36 bits per heavy atom. The number of ether oxygens (including phenoxy) is 2. The number of amides is 4. The van der Waals surface area contributed by atoms with Gasteiger partial charge >= 0.3 is 12.1 Å². The minimum absolute atomic E-state index is 0.198. The summed E-state index contributed by atoms with van der Waals surface area (Å²) in [6, 6.07) is 14.1. The monoisotopic (exact) mass is 498 g/mol. The summed E-state index contributed by atoms with van der Waals surface area (Å²) in [4.78, 5) is 28.9. The predicted octanol–water partition coefficient (Wildman–Crippen LogP) is 3.04. The molecule has 0 spiro atoms. The molecule has 0 saturated carbocycles. The van der Waals surface area contributed by atoms with Crippen molar-refractivity contribution in [2.75, 3.05) is 77.2 Å². The molecule has 1 aliphatic heterocycles. The average molecular weight is 499 g/mol. The van der Waals surface area contributed by atoms with Gasteiger partial charge in [-0.1, -0.05) is 0 Å². The van der Waals surface area contributed by atoms with E-state index in [2.05, 4.69) is 31.1 Å². The van der Waals surface area contributed by atoms with Crippen LogP contribution in [0.3, 0.4) is 0 Å². The molecular weight excluding hydrogens is 460 g/mol. The van der Waals surface area contributed by atoms with Crippen LogP contribution in [0.5, 0.6) is 11.5 Å². The molecule has 0 atom stereocenters. The Morgan fingerprint density at radius 1 is 0.667 bits per heavy atom. The zero-order valence-corrected chi connectivity index (χ0v) is 21.2. The normalized spacial score (nSPS) is 14.1. The maximum atomic E-state index is 12.0. The number of methoxy groups -OCH3 is 2. The van der Waals surface area contributed by atoms with Crippen LogP contribution in [-0.4, -0.2) is 88.4 Å². The number of benzene rings is 2. The molecule has 1 saturated heterocycles. The van der Waals surface area contributed by atoms with E-state index in [0.717, 1.165) is 75.0 Å². The number of hydrogen-bond acceptors (Lipinski definition) is 6. The molecule has 0 aromatic heterocycles. The summed E-state index contributed by atoms with van der Waals surface area (Å²) in [5, 5.41) is 11.5. The van der Waals surface area contributed by atoms with Crippen molar-refractivity contribution in [3.63, 3.8) is 0 Å². The van der Waals surface area contributed by atoms with Gasteiger partial charge in [0, 0.05) is 50.6 Å². The number of nitrogens with one attached hydrogen (secondary N) is 4. The van der Waals surface area contributed by atoms with Crippen LogP contribution < -0.4 is 30.7 Å². The van der Waals surface area contributed by atoms with E-state index in [0.29, 0.717) is 13.1 Å². The van der Waals surface area contributed by atoms with Gasteiger partial charge in [-0.15, -0.1) is 0 Å². The molecule has 4 N–H and O–H groups in total. The Kier molecular flexibility index (Phi) is 11.1. The molecule has 10 nitrogen and oxygen atoms in total. The Balaban J connectivity index is 1.18. The van der Waals surface area contributed by atoms with Crippen molar-refractivity contribution >= 4 is 23.4 Å². The van der Waals surface area contributed by atoms with E-state index in [-0.39, 0.29) is 12.1 Å². The SMILES string of the molecule is COc1ccc(NC(=O)NCCCN2CCN(CCCNC(=O)Nc3ccc(OC)cc3)CC2)cc1. The third-order valence-electron chi connectivity index (χ3n) is 6.03. The lowest BCUT2D eigenvalue weighted by atomic mass is 10.2. The molecule has 1 aliphatic rings. The van der Waals surface area contributed by atoms with E-state index in [1.165, 1.54) is 0 Å². The third kappa shape index (κ3) is 9.63. The molecule has 1 heterocycles. The lowest BCUT2D eigenvalue weighted by Crippen LogP contribution is -2.47. The fraction of sp³-hybridized carbons (Fsp3) is 0.462. The highest BCUT2D eigenvalue weighted by Gasteiger charge is 2.16. The molecular formula is C26H38N6O4. The minimum atomic E-state index is -0.198. The Bertz CT molecular complexity index is 853. The highest BCUT2D eigenvalue weighted by Crippen LogP contribution is 2.15. The topological polar surface area (TPSA) is 107 Å². The fourth-order valence-electron chi connectivity index (χ4n) is 3.94. The first-order valence-corrected chi connectivity index (χ1v) is 12.4. The molecule has 10 heteroatoms. The summed E-state index contributed by atoms with van der Waals surface area (Å²) < 4.78 is 10.2. The molecule has 3 rings (SSSR count). The largest absolute Gasteiger partial charge is 0.497 e. The second kappa shape index (κ2) is 14.8. The lowest BCUT2D eigenvalue weighted by Gasteiger charge is -2.34. The van der Waals surface area contributed by atoms with Crippen LogP contribution in [0.2, 0.25) is 0 Å². The number of carbonyl (C=O) groups is 2. The molecule has 2 aromatic rings. The van der Waals surface area contributed by atoms with Crippen molar-refractivity contribution in [2.24, 2.45) is 0 Å². The average Bonchev–Trinajstić information content (AvgIpc) is 2.91. The number of carbonyl (C=O) groups excluding carboxylic acids is 2. The summed E-state index contributed by atoms with van der Waals surface area (Å²) in [5.41, 5.74) is 1.47. The van der Waals surface area contributed by atoms with Gasteiger partial charge in [0.15, 0.2) is 0 Å². The van der Waals surface area contributed by atoms with Crippen molar-refractivity contribution in [2.45, 2.75) is 12.8 Å². The number of nitrogens with zero attached hydrogens (tertiary/aromatic N) is 2. The van der Waals surface area contributed by atoms with Crippen LogP contribution in [0.15, 0.2) is 48.5 Å². The zero-order chi connectivity index (χ0) is 25.6. The summed E-state index contributed by atoms with van der Waals surface area (Å²) in [5.74, 6) is 1.51. The molecule has 0 aliphatic carbocycles. The van der Waals surface area contributed by atoms with Gasteiger partial charge in [-0.25, -0.2) is 9.59 Å². The van der Waals surface area contributed by atoms with E-state index >= 15 is 0 Å². The summed E-state index contributed by atoms with van der Waals surface area (Å²) in [7, 11) is 3.22.